The number of amides is 1. The molecule has 162 valence electrons. The number of hydrogen-bond acceptors (Lipinski definition) is 3. The summed E-state index contributed by atoms with van der Waals surface area (Å²) >= 11 is 5.46. The lowest BCUT2D eigenvalue weighted by molar-refractivity contribution is -0.124. The maximum absolute atomic E-state index is 12.9. The Hall–Kier alpha value is -3.18. The van der Waals surface area contributed by atoms with E-state index >= 15 is 0 Å². The molecule has 1 amide bonds. The van der Waals surface area contributed by atoms with Crippen molar-refractivity contribution in [1.82, 2.24) is 10.2 Å². The van der Waals surface area contributed by atoms with E-state index < -0.39 is 0 Å². The van der Waals surface area contributed by atoms with Gasteiger partial charge in [0.2, 0.25) is 0 Å². The second-order valence-electron chi connectivity index (χ2n) is 8.45. The zero-order valence-corrected chi connectivity index (χ0v) is 18.7. The molecule has 1 saturated heterocycles. The number of thiocarbonyl (C=S) groups is 1. The molecule has 1 aliphatic carbocycles. The van der Waals surface area contributed by atoms with Crippen LogP contribution in [0.2, 0.25) is 0 Å². The van der Waals surface area contributed by atoms with E-state index in [0.717, 1.165) is 42.6 Å². The summed E-state index contributed by atoms with van der Waals surface area (Å²) in [6.07, 6.45) is 7.50. The molecule has 1 aliphatic heterocycles. The van der Waals surface area contributed by atoms with Gasteiger partial charge in [-0.25, -0.2) is 0 Å². The quantitative estimate of drug-likeness (QED) is 0.400. The van der Waals surface area contributed by atoms with E-state index in [9.17, 15) is 4.79 Å². The fourth-order valence-electron chi connectivity index (χ4n) is 4.63. The van der Waals surface area contributed by atoms with Crippen LogP contribution < -0.4 is 10.1 Å². The van der Waals surface area contributed by atoms with Crippen molar-refractivity contribution in [3.05, 3.63) is 83.6 Å². The first kappa shape index (κ1) is 20.7. The molecule has 2 fully saturated rings. The van der Waals surface area contributed by atoms with Crippen molar-refractivity contribution < 1.29 is 9.53 Å². The zero-order chi connectivity index (χ0) is 21.9. The van der Waals surface area contributed by atoms with Crippen molar-refractivity contribution in [2.24, 2.45) is 0 Å². The van der Waals surface area contributed by atoms with Crippen molar-refractivity contribution in [2.75, 3.05) is 0 Å². The van der Waals surface area contributed by atoms with E-state index in [1.807, 2.05) is 42.5 Å². The molecule has 2 aliphatic rings. The normalized spacial score (nSPS) is 18.4. The van der Waals surface area contributed by atoms with E-state index in [1.54, 1.807) is 4.90 Å². The van der Waals surface area contributed by atoms with E-state index in [4.69, 9.17) is 17.0 Å². The second kappa shape index (κ2) is 9.13. The first-order chi connectivity index (χ1) is 15.7. The van der Waals surface area contributed by atoms with Gasteiger partial charge in [0.15, 0.2) is 5.11 Å². The monoisotopic (exact) mass is 442 g/mol. The average Bonchev–Trinajstić information content (AvgIpc) is 3.11. The van der Waals surface area contributed by atoms with Crippen molar-refractivity contribution in [2.45, 2.75) is 44.8 Å². The number of nitrogens with zero attached hydrogens (tertiary/aromatic N) is 1. The van der Waals surface area contributed by atoms with Gasteiger partial charge in [0.1, 0.15) is 18.1 Å². The molecule has 4 nitrogen and oxygen atoms in total. The molecule has 3 aromatic rings. The average molecular weight is 443 g/mol. The van der Waals surface area contributed by atoms with Gasteiger partial charge in [-0.3, -0.25) is 9.69 Å². The van der Waals surface area contributed by atoms with E-state index in [2.05, 4.69) is 35.6 Å². The highest BCUT2D eigenvalue weighted by molar-refractivity contribution is 7.80. The van der Waals surface area contributed by atoms with Crippen LogP contribution in [0.3, 0.4) is 0 Å². The summed E-state index contributed by atoms with van der Waals surface area (Å²) in [5.74, 6) is 0.781. The number of rotatable bonds is 5. The fourth-order valence-corrected chi connectivity index (χ4v) is 4.97. The molecule has 5 heteroatoms. The number of ether oxygens (including phenoxy) is 1. The third kappa shape index (κ3) is 4.26. The third-order valence-electron chi connectivity index (χ3n) is 6.31. The molecule has 0 aromatic heterocycles. The van der Waals surface area contributed by atoms with Crippen LogP contribution in [0.25, 0.3) is 16.8 Å². The molecule has 0 unspecified atom stereocenters. The van der Waals surface area contributed by atoms with Crippen LogP contribution in [-0.4, -0.2) is 22.0 Å². The Bertz CT molecular complexity index is 1170. The summed E-state index contributed by atoms with van der Waals surface area (Å²) in [5, 5.41) is 6.07. The number of nitrogens with one attached hydrogen (secondary N) is 1. The summed E-state index contributed by atoms with van der Waals surface area (Å²) < 4.78 is 6.03. The summed E-state index contributed by atoms with van der Waals surface area (Å²) in [6, 6.07) is 22.6. The molecule has 0 bridgehead atoms. The molecule has 3 aromatic carbocycles. The van der Waals surface area contributed by atoms with Crippen LogP contribution >= 0.6 is 12.2 Å². The number of benzene rings is 3. The molecule has 0 atom stereocenters. The molecule has 5 rings (SSSR count). The number of hydrogen-bond donors (Lipinski definition) is 1. The minimum absolute atomic E-state index is 0.0156. The Morgan fingerprint density at radius 1 is 0.969 bits per heavy atom. The van der Waals surface area contributed by atoms with Gasteiger partial charge in [0.25, 0.3) is 5.91 Å². The van der Waals surface area contributed by atoms with Crippen LogP contribution in [0, 0.1) is 0 Å². The SMILES string of the molecule is O=C1/C(=C/c2ccc(OCc3cccc4ccccc34)cc2)NC(=S)N1C1CCCCC1. The summed E-state index contributed by atoms with van der Waals surface area (Å²) in [7, 11) is 0. The fraction of sp³-hybridized carbons (Fsp3) is 0.259. The Kier molecular flexibility index (Phi) is 5.91. The van der Waals surface area contributed by atoms with Crippen LogP contribution in [0.5, 0.6) is 5.75 Å². The zero-order valence-electron chi connectivity index (χ0n) is 17.9. The van der Waals surface area contributed by atoms with Gasteiger partial charge in [0.05, 0.1) is 0 Å². The van der Waals surface area contributed by atoms with Crippen molar-refractivity contribution >= 4 is 40.1 Å². The molecular formula is C27H26N2O2S. The smallest absolute Gasteiger partial charge is 0.276 e. The van der Waals surface area contributed by atoms with Crippen molar-refractivity contribution in [3.8, 4) is 5.75 Å². The number of carbonyl (C=O) groups is 1. The Balaban J connectivity index is 1.26. The first-order valence-electron chi connectivity index (χ1n) is 11.2. The predicted molar refractivity (Wildman–Crippen MR) is 132 cm³/mol. The third-order valence-corrected chi connectivity index (χ3v) is 6.61. The van der Waals surface area contributed by atoms with Gasteiger partial charge in [-0.2, -0.15) is 0 Å². The Morgan fingerprint density at radius 3 is 2.53 bits per heavy atom. The maximum Gasteiger partial charge on any atom is 0.276 e. The van der Waals surface area contributed by atoms with Gasteiger partial charge in [-0.05, 0) is 65.2 Å². The van der Waals surface area contributed by atoms with E-state index in [1.165, 1.54) is 17.2 Å². The van der Waals surface area contributed by atoms with Gasteiger partial charge in [0, 0.05) is 6.04 Å². The summed E-state index contributed by atoms with van der Waals surface area (Å²) in [5.41, 5.74) is 2.64. The number of carbonyl (C=O) groups excluding carboxylic acids is 1. The topological polar surface area (TPSA) is 41.6 Å². The molecule has 1 saturated carbocycles. The second-order valence-corrected chi connectivity index (χ2v) is 8.84. The van der Waals surface area contributed by atoms with E-state index in [-0.39, 0.29) is 11.9 Å². The molecule has 0 radical (unpaired) electrons. The standard InChI is InChI=1S/C27H26N2O2S/c30-26-25(28-27(32)29(26)22-10-2-1-3-11-22)17-19-13-15-23(16-14-19)31-18-21-9-6-8-20-7-4-5-12-24(20)21/h4-9,12-17,22H,1-3,10-11,18H2,(H,28,32)/b25-17-. The Morgan fingerprint density at radius 2 is 1.72 bits per heavy atom. The molecule has 0 spiro atoms. The van der Waals surface area contributed by atoms with E-state index in [0.29, 0.717) is 17.4 Å². The first-order valence-corrected chi connectivity index (χ1v) is 11.7. The number of fused-ring (bicyclic) bond motifs is 1. The van der Waals surface area contributed by atoms with Crippen LogP contribution in [0.15, 0.2) is 72.4 Å². The lowest BCUT2D eigenvalue weighted by Gasteiger charge is -2.29. The molecule has 1 heterocycles. The lowest BCUT2D eigenvalue weighted by atomic mass is 9.94. The minimum Gasteiger partial charge on any atom is -0.489 e. The van der Waals surface area contributed by atoms with Crippen molar-refractivity contribution in [1.29, 1.82) is 0 Å². The summed E-state index contributed by atoms with van der Waals surface area (Å²) in [6.45, 7) is 0.506. The van der Waals surface area contributed by atoms with Gasteiger partial charge >= 0.3 is 0 Å². The van der Waals surface area contributed by atoms with Gasteiger partial charge in [-0.1, -0.05) is 73.9 Å². The highest BCUT2D eigenvalue weighted by Gasteiger charge is 2.36. The highest BCUT2D eigenvalue weighted by atomic mass is 32.1. The molecule has 1 N–H and O–H groups in total. The largest absolute Gasteiger partial charge is 0.489 e. The van der Waals surface area contributed by atoms with Crippen LogP contribution in [0.4, 0.5) is 0 Å². The van der Waals surface area contributed by atoms with Crippen LogP contribution in [0.1, 0.15) is 43.2 Å². The maximum atomic E-state index is 12.9. The van der Waals surface area contributed by atoms with Gasteiger partial charge in [-0.15, -0.1) is 0 Å². The summed E-state index contributed by atoms with van der Waals surface area (Å²) in [4.78, 5) is 14.7. The molecule has 32 heavy (non-hydrogen) atoms. The minimum atomic E-state index is -0.0156. The lowest BCUT2D eigenvalue weighted by Crippen LogP contribution is -2.41. The van der Waals surface area contributed by atoms with Gasteiger partial charge < -0.3 is 10.1 Å². The Labute approximate surface area is 193 Å². The predicted octanol–water partition coefficient (Wildman–Crippen LogP) is 5.81. The molecular weight excluding hydrogens is 416 g/mol. The van der Waals surface area contributed by atoms with Crippen molar-refractivity contribution in [3.63, 3.8) is 0 Å². The van der Waals surface area contributed by atoms with Crippen LogP contribution in [-0.2, 0) is 11.4 Å². The highest BCUT2D eigenvalue weighted by Crippen LogP contribution is 2.27.